The van der Waals surface area contributed by atoms with Crippen LogP contribution in [0, 0.1) is 19.3 Å². The van der Waals surface area contributed by atoms with Gasteiger partial charge in [-0.2, -0.15) is 0 Å². The van der Waals surface area contributed by atoms with Crippen molar-refractivity contribution in [3.05, 3.63) is 68.9 Å². The van der Waals surface area contributed by atoms with Gasteiger partial charge in [-0.25, -0.2) is 8.42 Å². The number of benzene rings is 1. The highest BCUT2D eigenvalue weighted by atomic mass is 32.2. The number of H-pyrrole nitrogens is 1. The third-order valence-corrected chi connectivity index (χ3v) is 6.98. The number of hydrogen-bond donors (Lipinski definition) is 2. The third-order valence-electron chi connectivity index (χ3n) is 5.66. The van der Waals surface area contributed by atoms with E-state index in [0.717, 1.165) is 11.3 Å². The average Bonchev–Trinajstić information content (AvgIpc) is 2.67. The molecule has 6 nitrogen and oxygen atoms in total. The molecule has 1 spiro atoms. The first-order chi connectivity index (χ1) is 13.3. The Kier molecular flexibility index (Phi) is 4.50. The first kappa shape index (κ1) is 18.7. The van der Waals surface area contributed by atoms with E-state index in [4.69, 9.17) is 0 Å². The van der Waals surface area contributed by atoms with Gasteiger partial charge in [0, 0.05) is 23.1 Å². The van der Waals surface area contributed by atoms with E-state index in [1.807, 2.05) is 25.1 Å². The molecule has 3 heterocycles. The predicted octanol–water partition coefficient (Wildman–Crippen LogP) is 2.33. The van der Waals surface area contributed by atoms with Crippen LogP contribution in [-0.4, -0.2) is 38.1 Å². The highest BCUT2D eigenvalue weighted by Crippen LogP contribution is 2.31. The zero-order chi connectivity index (χ0) is 19.9. The van der Waals surface area contributed by atoms with E-state index >= 15 is 0 Å². The molecule has 0 bridgehead atoms. The standard InChI is InChI=1S/C21H23N3O3S/c1-14-3-4-16(11-15(14)2)18-6-5-17(20(25)24-18)19-22-12-21(13-23-19)7-9-28(26,27)10-8-21/h3-7,9,11H,8,10,12-13H2,1-2H3,(H,22,23)(H,24,25). The summed E-state index contributed by atoms with van der Waals surface area (Å²) in [5.41, 5.74) is 4.13. The maximum absolute atomic E-state index is 12.6. The quantitative estimate of drug-likeness (QED) is 0.814. The predicted molar refractivity (Wildman–Crippen MR) is 111 cm³/mol. The van der Waals surface area contributed by atoms with Crippen molar-refractivity contribution in [2.45, 2.75) is 20.3 Å². The number of amidine groups is 1. The lowest BCUT2D eigenvalue weighted by Gasteiger charge is -2.35. The molecule has 2 aliphatic rings. The van der Waals surface area contributed by atoms with Gasteiger partial charge in [-0.3, -0.25) is 9.79 Å². The minimum atomic E-state index is -3.08. The molecule has 2 aliphatic heterocycles. The van der Waals surface area contributed by atoms with Gasteiger partial charge in [-0.05, 0) is 55.2 Å². The second-order valence-electron chi connectivity index (χ2n) is 7.71. The Morgan fingerprint density at radius 3 is 2.54 bits per heavy atom. The lowest BCUT2D eigenvalue weighted by atomic mass is 9.83. The molecule has 2 N–H and O–H groups in total. The monoisotopic (exact) mass is 397 g/mol. The number of aromatic nitrogens is 1. The second kappa shape index (κ2) is 6.74. The third kappa shape index (κ3) is 3.54. The van der Waals surface area contributed by atoms with E-state index in [2.05, 4.69) is 28.3 Å². The molecule has 0 saturated heterocycles. The number of aromatic amines is 1. The Morgan fingerprint density at radius 2 is 1.93 bits per heavy atom. The first-order valence-corrected chi connectivity index (χ1v) is 11.0. The van der Waals surface area contributed by atoms with E-state index in [1.165, 1.54) is 16.5 Å². The Balaban J connectivity index is 1.59. The van der Waals surface area contributed by atoms with E-state index in [9.17, 15) is 13.2 Å². The van der Waals surface area contributed by atoms with Crippen LogP contribution in [0.15, 0.2) is 51.6 Å². The summed E-state index contributed by atoms with van der Waals surface area (Å²) in [7, 11) is -3.08. The Morgan fingerprint density at radius 1 is 1.11 bits per heavy atom. The molecule has 0 amide bonds. The van der Waals surface area contributed by atoms with Crippen LogP contribution >= 0.6 is 0 Å². The van der Waals surface area contributed by atoms with Crippen molar-refractivity contribution >= 4 is 15.7 Å². The van der Waals surface area contributed by atoms with Crippen molar-refractivity contribution in [3.8, 4) is 11.3 Å². The molecular formula is C21H23N3O3S. The maximum atomic E-state index is 12.6. The Labute approximate surface area is 164 Å². The summed E-state index contributed by atoms with van der Waals surface area (Å²) in [4.78, 5) is 20.1. The number of pyridine rings is 1. The molecule has 7 heteroatoms. The molecule has 1 atom stereocenters. The zero-order valence-corrected chi connectivity index (χ0v) is 16.8. The molecule has 0 fully saturated rings. The molecule has 28 heavy (non-hydrogen) atoms. The van der Waals surface area contributed by atoms with Gasteiger partial charge >= 0.3 is 0 Å². The van der Waals surface area contributed by atoms with Crippen molar-refractivity contribution in [2.24, 2.45) is 10.4 Å². The molecule has 0 aliphatic carbocycles. The number of aryl methyl sites for hydroxylation is 2. The SMILES string of the molecule is Cc1ccc(-c2ccc(C3=NCC4(C=CS(=O)(=O)CC4)CN3)c(=O)[nH]2)cc1C. The van der Waals surface area contributed by atoms with Crippen LogP contribution in [-0.2, 0) is 9.84 Å². The second-order valence-corrected chi connectivity index (χ2v) is 9.72. The van der Waals surface area contributed by atoms with Crippen LogP contribution in [0.4, 0.5) is 0 Å². The number of aliphatic imine (C=N–C) groups is 1. The topological polar surface area (TPSA) is 91.4 Å². The molecule has 4 rings (SSSR count). The summed E-state index contributed by atoms with van der Waals surface area (Å²) in [5, 5.41) is 4.52. The fourth-order valence-electron chi connectivity index (χ4n) is 3.55. The van der Waals surface area contributed by atoms with Gasteiger partial charge in [0.2, 0.25) is 0 Å². The van der Waals surface area contributed by atoms with Crippen LogP contribution in [0.25, 0.3) is 11.3 Å². The summed E-state index contributed by atoms with van der Waals surface area (Å²) in [6.45, 7) is 5.14. The highest BCUT2D eigenvalue weighted by molar-refractivity contribution is 7.94. The lowest BCUT2D eigenvalue weighted by Crippen LogP contribution is -2.46. The van der Waals surface area contributed by atoms with Crippen LogP contribution in [0.3, 0.4) is 0 Å². The minimum Gasteiger partial charge on any atom is -0.369 e. The summed E-state index contributed by atoms with van der Waals surface area (Å²) < 4.78 is 23.2. The van der Waals surface area contributed by atoms with Gasteiger partial charge in [-0.1, -0.05) is 18.2 Å². The summed E-state index contributed by atoms with van der Waals surface area (Å²) in [5.74, 6) is 0.696. The summed E-state index contributed by atoms with van der Waals surface area (Å²) in [6, 6.07) is 9.78. The molecule has 146 valence electrons. The van der Waals surface area contributed by atoms with Gasteiger partial charge in [0.25, 0.3) is 5.56 Å². The summed E-state index contributed by atoms with van der Waals surface area (Å²) >= 11 is 0. The van der Waals surface area contributed by atoms with Gasteiger partial charge in [0.05, 0.1) is 17.9 Å². The smallest absolute Gasteiger partial charge is 0.259 e. The van der Waals surface area contributed by atoms with E-state index < -0.39 is 9.84 Å². The van der Waals surface area contributed by atoms with Gasteiger partial charge in [-0.15, -0.1) is 0 Å². The maximum Gasteiger partial charge on any atom is 0.259 e. The van der Waals surface area contributed by atoms with Crippen molar-refractivity contribution in [1.29, 1.82) is 0 Å². The van der Waals surface area contributed by atoms with Crippen molar-refractivity contribution < 1.29 is 8.42 Å². The minimum absolute atomic E-state index is 0.140. The van der Waals surface area contributed by atoms with Gasteiger partial charge in [0.15, 0.2) is 9.84 Å². The number of rotatable bonds is 2. The van der Waals surface area contributed by atoms with Crippen molar-refractivity contribution in [2.75, 3.05) is 18.8 Å². The number of hydrogen-bond acceptors (Lipinski definition) is 5. The number of sulfone groups is 1. The summed E-state index contributed by atoms with van der Waals surface area (Å²) in [6.07, 6.45) is 2.28. The fraction of sp³-hybridized carbons (Fsp3) is 0.333. The largest absolute Gasteiger partial charge is 0.369 e. The van der Waals surface area contributed by atoms with Gasteiger partial charge in [0.1, 0.15) is 5.84 Å². The molecule has 1 aromatic heterocycles. The highest BCUT2D eigenvalue weighted by Gasteiger charge is 2.35. The lowest BCUT2D eigenvalue weighted by molar-refractivity contribution is 0.359. The number of nitrogens with zero attached hydrogens (tertiary/aromatic N) is 1. The molecule has 0 radical (unpaired) electrons. The average molecular weight is 398 g/mol. The zero-order valence-electron chi connectivity index (χ0n) is 16.0. The molecule has 2 aromatic rings. The van der Waals surface area contributed by atoms with Crippen molar-refractivity contribution in [3.63, 3.8) is 0 Å². The van der Waals surface area contributed by atoms with Crippen LogP contribution in [0.2, 0.25) is 0 Å². The molecule has 1 aromatic carbocycles. The first-order valence-electron chi connectivity index (χ1n) is 9.29. The van der Waals surface area contributed by atoms with Gasteiger partial charge < -0.3 is 10.3 Å². The number of nitrogens with one attached hydrogen (secondary N) is 2. The van der Waals surface area contributed by atoms with E-state index in [1.54, 1.807) is 12.1 Å². The van der Waals surface area contributed by atoms with Crippen molar-refractivity contribution in [1.82, 2.24) is 10.3 Å². The fourth-order valence-corrected chi connectivity index (χ4v) is 4.87. The van der Waals surface area contributed by atoms with E-state index in [0.29, 0.717) is 30.9 Å². The molecule has 1 unspecified atom stereocenters. The Hall–Kier alpha value is -2.67. The molecule has 0 saturated carbocycles. The van der Waals surface area contributed by atoms with E-state index in [-0.39, 0.29) is 16.7 Å². The molecular weight excluding hydrogens is 374 g/mol. The Bertz CT molecular complexity index is 1160. The van der Waals surface area contributed by atoms with Crippen LogP contribution in [0.1, 0.15) is 23.1 Å². The normalized spacial score (nSPS) is 23.3. The van der Waals surface area contributed by atoms with Crippen LogP contribution < -0.4 is 10.9 Å². The van der Waals surface area contributed by atoms with Crippen LogP contribution in [0.5, 0.6) is 0 Å².